The third-order valence-electron chi connectivity index (χ3n) is 5.19. The van der Waals surface area contributed by atoms with Crippen LogP contribution in [0.1, 0.15) is 43.7 Å². The normalized spacial score (nSPS) is 15.2. The number of hydrogen-bond acceptors (Lipinski definition) is 2. The molecule has 0 atom stereocenters. The number of nitrogens with one attached hydrogen (secondary N) is 1. The second kappa shape index (κ2) is 8.85. The lowest BCUT2D eigenvalue weighted by molar-refractivity contribution is -0.133. The summed E-state index contributed by atoms with van der Waals surface area (Å²) in [5.74, 6) is -0.0633. The molecule has 1 fully saturated rings. The van der Waals surface area contributed by atoms with Gasteiger partial charge in [-0.15, -0.1) is 0 Å². The van der Waals surface area contributed by atoms with Gasteiger partial charge in [0.15, 0.2) is 0 Å². The SMILES string of the molecule is CC(C)C(=O)NC1CCN(C(=O)C(c2ccccc2)c2ccccc2)CC1. The van der Waals surface area contributed by atoms with Crippen LogP contribution in [0, 0.1) is 5.92 Å². The van der Waals surface area contributed by atoms with Crippen LogP contribution in [0.3, 0.4) is 0 Å². The Morgan fingerprint density at radius 1 is 0.889 bits per heavy atom. The van der Waals surface area contributed by atoms with E-state index in [2.05, 4.69) is 5.32 Å². The fraction of sp³-hybridized carbons (Fsp3) is 0.391. The predicted molar refractivity (Wildman–Crippen MR) is 107 cm³/mol. The molecular weight excluding hydrogens is 336 g/mol. The first kappa shape index (κ1) is 19.2. The van der Waals surface area contributed by atoms with Crippen LogP contribution in [0.25, 0.3) is 0 Å². The fourth-order valence-electron chi connectivity index (χ4n) is 3.56. The highest BCUT2D eigenvalue weighted by molar-refractivity contribution is 5.87. The summed E-state index contributed by atoms with van der Waals surface area (Å²) in [5.41, 5.74) is 2.04. The standard InChI is InChI=1S/C23H28N2O2/c1-17(2)22(26)24-20-13-15-25(16-14-20)23(27)21(18-9-5-3-6-10-18)19-11-7-4-8-12-19/h3-12,17,20-21H,13-16H2,1-2H3,(H,24,26). The monoisotopic (exact) mass is 364 g/mol. The van der Waals surface area contributed by atoms with Crippen molar-refractivity contribution in [1.82, 2.24) is 10.2 Å². The van der Waals surface area contributed by atoms with Gasteiger partial charge < -0.3 is 10.2 Å². The summed E-state index contributed by atoms with van der Waals surface area (Å²) in [4.78, 5) is 27.2. The molecule has 0 bridgehead atoms. The molecule has 4 heteroatoms. The van der Waals surface area contributed by atoms with Crippen molar-refractivity contribution in [2.24, 2.45) is 5.92 Å². The average molecular weight is 364 g/mol. The molecule has 0 aromatic heterocycles. The van der Waals surface area contributed by atoms with E-state index in [9.17, 15) is 9.59 Å². The van der Waals surface area contributed by atoms with E-state index in [0.717, 1.165) is 24.0 Å². The molecule has 27 heavy (non-hydrogen) atoms. The van der Waals surface area contributed by atoms with E-state index in [1.807, 2.05) is 79.4 Å². The van der Waals surface area contributed by atoms with Crippen LogP contribution in [0.2, 0.25) is 0 Å². The van der Waals surface area contributed by atoms with Gasteiger partial charge in [0.25, 0.3) is 0 Å². The van der Waals surface area contributed by atoms with Crippen LogP contribution >= 0.6 is 0 Å². The Labute approximate surface area is 161 Å². The van der Waals surface area contributed by atoms with E-state index in [4.69, 9.17) is 0 Å². The van der Waals surface area contributed by atoms with E-state index >= 15 is 0 Å². The first-order valence-corrected chi connectivity index (χ1v) is 9.75. The second-order valence-corrected chi connectivity index (χ2v) is 7.52. The van der Waals surface area contributed by atoms with Crippen molar-refractivity contribution < 1.29 is 9.59 Å². The van der Waals surface area contributed by atoms with Gasteiger partial charge in [-0.05, 0) is 24.0 Å². The highest BCUT2D eigenvalue weighted by Gasteiger charge is 2.30. The van der Waals surface area contributed by atoms with Gasteiger partial charge in [-0.2, -0.15) is 0 Å². The maximum Gasteiger partial charge on any atom is 0.234 e. The van der Waals surface area contributed by atoms with Gasteiger partial charge in [0.2, 0.25) is 11.8 Å². The second-order valence-electron chi connectivity index (χ2n) is 7.52. The third kappa shape index (κ3) is 4.76. The largest absolute Gasteiger partial charge is 0.353 e. The number of rotatable bonds is 5. The van der Waals surface area contributed by atoms with Crippen molar-refractivity contribution >= 4 is 11.8 Å². The van der Waals surface area contributed by atoms with E-state index < -0.39 is 0 Å². The van der Waals surface area contributed by atoms with Crippen LogP contribution in [-0.2, 0) is 9.59 Å². The zero-order chi connectivity index (χ0) is 19.2. The zero-order valence-corrected chi connectivity index (χ0v) is 16.1. The van der Waals surface area contributed by atoms with Crippen molar-refractivity contribution in [2.45, 2.75) is 38.6 Å². The Bertz CT molecular complexity index is 711. The maximum atomic E-state index is 13.4. The van der Waals surface area contributed by atoms with E-state index in [-0.39, 0.29) is 29.7 Å². The smallest absolute Gasteiger partial charge is 0.234 e. The van der Waals surface area contributed by atoms with Gasteiger partial charge in [0.1, 0.15) is 0 Å². The van der Waals surface area contributed by atoms with Crippen molar-refractivity contribution in [3.63, 3.8) is 0 Å². The highest BCUT2D eigenvalue weighted by atomic mass is 16.2. The number of piperidine rings is 1. The topological polar surface area (TPSA) is 49.4 Å². The van der Waals surface area contributed by atoms with Crippen LogP contribution < -0.4 is 5.32 Å². The summed E-state index contributed by atoms with van der Waals surface area (Å²) >= 11 is 0. The van der Waals surface area contributed by atoms with Crippen molar-refractivity contribution in [2.75, 3.05) is 13.1 Å². The number of carbonyl (C=O) groups is 2. The molecule has 2 aromatic rings. The lowest BCUT2D eigenvalue weighted by atomic mass is 9.89. The molecule has 0 aliphatic carbocycles. The maximum absolute atomic E-state index is 13.4. The van der Waals surface area contributed by atoms with Gasteiger partial charge in [0, 0.05) is 25.0 Å². The van der Waals surface area contributed by atoms with E-state index in [0.29, 0.717) is 13.1 Å². The minimum Gasteiger partial charge on any atom is -0.353 e. The predicted octanol–water partition coefficient (Wildman–Crippen LogP) is 3.58. The van der Waals surface area contributed by atoms with Crippen molar-refractivity contribution in [3.05, 3.63) is 71.8 Å². The van der Waals surface area contributed by atoms with E-state index in [1.54, 1.807) is 0 Å². The lowest BCUT2D eigenvalue weighted by Gasteiger charge is -2.35. The lowest BCUT2D eigenvalue weighted by Crippen LogP contribution is -2.48. The molecular formula is C23H28N2O2. The number of nitrogens with zero attached hydrogens (tertiary/aromatic N) is 1. The third-order valence-corrected chi connectivity index (χ3v) is 5.19. The van der Waals surface area contributed by atoms with Gasteiger partial charge in [-0.1, -0.05) is 74.5 Å². The number of hydrogen-bond donors (Lipinski definition) is 1. The number of carbonyl (C=O) groups excluding carboxylic acids is 2. The molecule has 3 rings (SSSR count). The first-order chi connectivity index (χ1) is 13.1. The van der Waals surface area contributed by atoms with Crippen molar-refractivity contribution in [3.8, 4) is 0 Å². The number of benzene rings is 2. The molecule has 1 aliphatic heterocycles. The molecule has 1 heterocycles. The summed E-state index contributed by atoms with van der Waals surface area (Å²) in [6.45, 7) is 5.16. The Hall–Kier alpha value is -2.62. The summed E-state index contributed by atoms with van der Waals surface area (Å²) < 4.78 is 0. The van der Waals surface area contributed by atoms with Gasteiger partial charge >= 0.3 is 0 Å². The van der Waals surface area contributed by atoms with Crippen LogP contribution in [0.4, 0.5) is 0 Å². The van der Waals surface area contributed by atoms with Crippen molar-refractivity contribution in [1.29, 1.82) is 0 Å². The Morgan fingerprint density at radius 3 is 1.81 bits per heavy atom. The number of likely N-dealkylation sites (tertiary alicyclic amines) is 1. The van der Waals surface area contributed by atoms with Gasteiger partial charge in [0.05, 0.1) is 5.92 Å². The molecule has 2 amide bonds. The summed E-state index contributed by atoms with van der Waals surface area (Å²) in [5, 5.41) is 3.09. The minimum atomic E-state index is -0.283. The molecule has 0 saturated carbocycles. The molecule has 1 aliphatic rings. The molecule has 0 unspecified atom stereocenters. The molecule has 0 spiro atoms. The number of amides is 2. The quantitative estimate of drug-likeness (QED) is 0.882. The fourth-order valence-corrected chi connectivity index (χ4v) is 3.56. The molecule has 0 radical (unpaired) electrons. The minimum absolute atomic E-state index is 0.00907. The first-order valence-electron chi connectivity index (χ1n) is 9.75. The van der Waals surface area contributed by atoms with Crippen LogP contribution in [-0.4, -0.2) is 35.8 Å². The molecule has 1 N–H and O–H groups in total. The summed E-state index contributed by atoms with van der Waals surface area (Å²) in [6.07, 6.45) is 1.61. The average Bonchev–Trinajstić information content (AvgIpc) is 2.70. The summed E-state index contributed by atoms with van der Waals surface area (Å²) in [7, 11) is 0. The van der Waals surface area contributed by atoms with Gasteiger partial charge in [-0.3, -0.25) is 9.59 Å². The Balaban J connectivity index is 1.72. The molecule has 2 aromatic carbocycles. The van der Waals surface area contributed by atoms with Crippen LogP contribution in [0.15, 0.2) is 60.7 Å². The molecule has 4 nitrogen and oxygen atoms in total. The highest BCUT2D eigenvalue weighted by Crippen LogP contribution is 2.28. The zero-order valence-electron chi connectivity index (χ0n) is 16.1. The molecule has 1 saturated heterocycles. The summed E-state index contributed by atoms with van der Waals surface area (Å²) in [6, 6.07) is 20.1. The van der Waals surface area contributed by atoms with Crippen LogP contribution in [0.5, 0.6) is 0 Å². The Kier molecular flexibility index (Phi) is 6.28. The van der Waals surface area contributed by atoms with Gasteiger partial charge in [-0.25, -0.2) is 0 Å². The van der Waals surface area contributed by atoms with E-state index in [1.165, 1.54) is 0 Å². The molecule has 142 valence electrons. The Morgan fingerprint density at radius 2 is 1.37 bits per heavy atom.